The third kappa shape index (κ3) is 3.79. The normalized spacial score (nSPS) is 23.6. The number of hydrogen-bond acceptors (Lipinski definition) is 5. The van der Waals surface area contributed by atoms with E-state index in [1.807, 2.05) is 29.8 Å². The fraction of sp³-hybridized carbons (Fsp3) is 0.357. The van der Waals surface area contributed by atoms with Gasteiger partial charge in [-0.2, -0.15) is 5.10 Å². The van der Waals surface area contributed by atoms with Gasteiger partial charge in [-0.25, -0.2) is 9.37 Å². The van der Waals surface area contributed by atoms with Gasteiger partial charge in [0.25, 0.3) is 0 Å². The van der Waals surface area contributed by atoms with E-state index < -0.39 is 0 Å². The molecule has 3 heterocycles. The van der Waals surface area contributed by atoms with Crippen molar-refractivity contribution in [3.63, 3.8) is 0 Å². The molecule has 2 fully saturated rings. The van der Waals surface area contributed by atoms with E-state index in [1.54, 1.807) is 25.6 Å². The zero-order valence-corrected chi connectivity index (χ0v) is 20.4. The number of ether oxygens (including phenoxy) is 1. The Morgan fingerprint density at radius 3 is 2.63 bits per heavy atom. The highest BCUT2D eigenvalue weighted by Crippen LogP contribution is 2.56. The first-order valence-corrected chi connectivity index (χ1v) is 12.1. The Labute approximate surface area is 205 Å². The lowest BCUT2D eigenvalue weighted by Gasteiger charge is -2.51. The van der Waals surface area contributed by atoms with Crippen molar-refractivity contribution in [2.24, 2.45) is 10.5 Å². The summed E-state index contributed by atoms with van der Waals surface area (Å²) in [7, 11) is 1.70. The molecule has 1 saturated heterocycles. The van der Waals surface area contributed by atoms with Crippen molar-refractivity contribution < 1.29 is 9.13 Å². The Bertz CT molecular complexity index is 1340. The van der Waals surface area contributed by atoms with Crippen molar-refractivity contribution in [2.75, 3.05) is 20.2 Å². The number of benzene rings is 2. The zero-order chi connectivity index (χ0) is 24.2. The van der Waals surface area contributed by atoms with E-state index in [-0.39, 0.29) is 11.4 Å². The molecule has 1 aliphatic carbocycles. The fourth-order valence-corrected chi connectivity index (χ4v) is 5.47. The van der Waals surface area contributed by atoms with Crippen LogP contribution in [0.15, 0.2) is 65.7 Å². The van der Waals surface area contributed by atoms with E-state index in [4.69, 9.17) is 9.84 Å². The molecule has 180 valence electrons. The maximum absolute atomic E-state index is 13.7. The average molecular weight is 472 g/mol. The fourth-order valence-electron chi connectivity index (χ4n) is 5.47. The van der Waals surface area contributed by atoms with Crippen molar-refractivity contribution in [3.8, 4) is 11.4 Å². The highest BCUT2D eigenvalue weighted by atomic mass is 19.1. The molecule has 7 heteroatoms. The number of nitrogens with one attached hydrogen (secondary N) is 1. The Morgan fingerprint density at radius 2 is 1.94 bits per heavy atom. The van der Waals surface area contributed by atoms with Crippen LogP contribution in [0.2, 0.25) is 0 Å². The number of imidazole rings is 1. The van der Waals surface area contributed by atoms with Gasteiger partial charge >= 0.3 is 0 Å². The van der Waals surface area contributed by atoms with E-state index in [0.717, 1.165) is 47.1 Å². The van der Waals surface area contributed by atoms with Crippen LogP contribution >= 0.6 is 0 Å². The van der Waals surface area contributed by atoms with Crippen LogP contribution in [-0.4, -0.2) is 40.5 Å². The Morgan fingerprint density at radius 1 is 1.14 bits per heavy atom. The summed E-state index contributed by atoms with van der Waals surface area (Å²) in [4.78, 5) is 6.79. The summed E-state index contributed by atoms with van der Waals surface area (Å²) in [6.07, 6.45) is 9.50. The molecule has 1 N–H and O–H groups in total. The topological polar surface area (TPSA) is 54.7 Å². The molecule has 2 aliphatic heterocycles. The molecule has 1 unspecified atom stereocenters. The summed E-state index contributed by atoms with van der Waals surface area (Å²) in [5.74, 6) is 1.57. The number of piperidine rings is 1. The molecule has 1 saturated carbocycles. The van der Waals surface area contributed by atoms with Crippen LogP contribution in [0.25, 0.3) is 11.8 Å². The van der Waals surface area contributed by atoms with Crippen LogP contribution in [0.4, 0.5) is 4.39 Å². The lowest BCUT2D eigenvalue weighted by atomic mass is 9.81. The van der Waals surface area contributed by atoms with Gasteiger partial charge in [-0.05, 0) is 85.6 Å². The molecule has 0 bridgehead atoms. The number of aryl methyl sites for hydroxylation is 1. The molecule has 0 amide bonds. The molecule has 1 aromatic heterocycles. The van der Waals surface area contributed by atoms with Gasteiger partial charge in [-0.15, -0.1) is 0 Å². The SMILES string of the molecule is COc1cc(/C=C2\CC3(CC3)CN3C2=NNCC3(C)c2ccc(F)cc2)ccc1-n1cnc(C)c1. The molecular formula is C28H30FN5O. The number of hydrazone groups is 1. The van der Waals surface area contributed by atoms with Gasteiger partial charge < -0.3 is 19.6 Å². The zero-order valence-electron chi connectivity index (χ0n) is 20.4. The maximum Gasteiger partial charge on any atom is 0.152 e. The van der Waals surface area contributed by atoms with E-state index >= 15 is 0 Å². The third-order valence-electron chi connectivity index (χ3n) is 7.76. The summed E-state index contributed by atoms with van der Waals surface area (Å²) in [5, 5.41) is 4.78. The minimum absolute atomic E-state index is 0.212. The van der Waals surface area contributed by atoms with Gasteiger partial charge in [0.2, 0.25) is 0 Å². The van der Waals surface area contributed by atoms with Crippen LogP contribution in [0.5, 0.6) is 5.75 Å². The molecular weight excluding hydrogens is 441 g/mol. The lowest BCUT2D eigenvalue weighted by Crippen LogP contribution is -2.60. The number of rotatable bonds is 4. The average Bonchev–Trinajstić information content (AvgIpc) is 3.46. The number of hydrogen-bond donors (Lipinski definition) is 1. The highest BCUT2D eigenvalue weighted by molar-refractivity contribution is 6.04. The first-order valence-electron chi connectivity index (χ1n) is 12.1. The molecule has 2 aromatic carbocycles. The molecule has 3 aliphatic rings. The monoisotopic (exact) mass is 471 g/mol. The Kier molecular flexibility index (Phi) is 4.99. The number of fused-ring (bicyclic) bond motifs is 1. The molecule has 1 atom stereocenters. The smallest absolute Gasteiger partial charge is 0.152 e. The largest absolute Gasteiger partial charge is 0.495 e. The number of methoxy groups -OCH3 is 1. The Balaban J connectivity index is 1.38. The molecule has 35 heavy (non-hydrogen) atoms. The van der Waals surface area contributed by atoms with E-state index in [2.05, 4.69) is 46.5 Å². The van der Waals surface area contributed by atoms with E-state index in [9.17, 15) is 4.39 Å². The van der Waals surface area contributed by atoms with Crippen molar-refractivity contribution in [2.45, 2.75) is 38.6 Å². The molecule has 6 nitrogen and oxygen atoms in total. The van der Waals surface area contributed by atoms with Crippen molar-refractivity contribution >= 4 is 11.9 Å². The van der Waals surface area contributed by atoms with Gasteiger partial charge in [-0.3, -0.25) is 0 Å². The highest BCUT2D eigenvalue weighted by Gasteiger charge is 2.53. The third-order valence-corrected chi connectivity index (χ3v) is 7.76. The summed E-state index contributed by atoms with van der Waals surface area (Å²) in [6.45, 7) is 5.86. The van der Waals surface area contributed by atoms with Crippen molar-refractivity contribution in [1.82, 2.24) is 19.9 Å². The van der Waals surface area contributed by atoms with Gasteiger partial charge in [0.1, 0.15) is 11.6 Å². The van der Waals surface area contributed by atoms with Gasteiger partial charge in [0.05, 0.1) is 36.9 Å². The van der Waals surface area contributed by atoms with Crippen LogP contribution in [-0.2, 0) is 5.54 Å². The minimum Gasteiger partial charge on any atom is -0.495 e. The summed E-state index contributed by atoms with van der Waals surface area (Å²) >= 11 is 0. The molecule has 6 rings (SSSR count). The van der Waals surface area contributed by atoms with Crippen LogP contribution in [0.1, 0.15) is 43.0 Å². The Hall–Kier alpha value is -3.61. The summed E-state index contributed by atoms with van der Waals surface area (Å²) in [5.41, 5.74) is 8.59. The van der Waals surface area contributed by atoms with Gasteiger partial charge in [-0.1, -0.05) is 18.2 Å². The maximum atomic E-state index is 13.7. The molecule has 3 aromatic rings. The predicted molar refractivity (Wildman–Crippen MR) is 135 cm³/mol. The van der Waals surface area contributed by atoms with E-state index in [0.29, 0.717) is 12.0 Å². The second-order valence-corrected chi connectivity index (χ2v) is 10.3. The quantitative estimate of drug-likeness (QED) is 0.580. The minimum atomic E-state index is -0.305. The number of halogens is 1. The van der Waals surface area contributed by atoms with Gasteiger partial charge in [0.15, 0.2) is 5.84 Å². The van der Waals surface area contributed by atoms with Crippen LogP contribution < -0.4 is 10.2 Å². The van der Waals surface area contributed by atoms with Crippen molar-refractivity contribution in [3.05, 3.63) is 83.2 Å². The lowest BCUT2D eigenvalue weighted by molar-refractivity contribution is 0.130. The van der Waals surface area contributed by atoms with Crippen LogP contribution in [0, 0.1) is 18.2 Å². The molecule has 1 spiro atoms. The van der Waals surface area contributed by atoms with E-state index in [1.165, 1.54) is 18.4 Å². The first-order chi connectivity index (χ1) is 16.9. The first kappa shape index (κ1) is 21.9. The van der Waals surface area contributed by atoms with Crippen molar-refractivity contribution in [1.29, 1.82) is 0 Å². The van der Waals surface area contributed by atoms with Gasteiger partial charge in [0, 0.05) is 12.7 Å². The summed E-state index contributed by atoms with van der Waals surface area (Å²) < 4.78 is 21.4. The molecule has 0 radical (unpaired) electrons. The number of aromatic nitrogens is 2. The standard InChI is InChI=1S/C28H30FN5O/c1-19-15-33(18-30-19)24-9-4-20(13-25(24)35-3)12-21-14-28(10-11-28)17-34-26(21)32-31-16-27(34,2)22-5-7-23(29)8-6-22/h4-9,12-13,15,18,31H,10-11,14,16-17H2,1-3H3/b21-12+. The second kappa shape index (κ2) is 7.97. The van der Waals surface area contributed by atoms with Crippen LogP contribution in [0.3, 0.4) is 0 Å². The predicted octanol–water partition coefficient (Wildman–Crippen LogP) is 5.03. The summed E-state index contributed by atoms with van der Waals surface area (Å²) in [6, 6.07) is 13.2. The number of nitrogens with zero attached hydrogens (tertiary/aromatic N) is 4. The second-order valence-electron chi connectivity index (χ2n) is 10.3. The number of amidine groups is 1.